The molecule has 0 heterocycles. The van der Waals surface area contributed by atoms with Gasteiger partial charge in [-0.05, 0) is 116 Å². The number of allylic oxidation sites excluding steroid dienone is 4. The Morgan fingerprint density at radius 2 is 1.16 bits per heavy atom. The molecule has 0 N–H and O–H groups in total. The highest BCUT2D eigenvalue weighted by atomic mass is 15.1. The number of nitrogens with zero attached hydrogens (tertiary/aromatic N) is 2. The molecule has 1 unspecified atom stereocenters. The molecule has 1 atom stereocenters. The molecule has 0 spiro atoms. The van der Waals surface area contributed by atoms with Crippen molar-refractivity contribution in [1.82, 2.24) is 9.80 Å². The summed E-state index contributed by atoms with van der Waals surface area (Å²) in [6, 6.07) is 0. The minimum atomic E-state index is -0.188. The number of rotatable bonds is 20. The Hall–Kier alpha value is -0.470. The molecule has 0 aromatic carbocycles. The van der Waals surface area contributed by atoms with Gasteiger partial charge in [0, 0.05) is 0 Å². The van der Waals surface area contributed by atoms with Gasteiger partial charge in [0.2, 0.25) is 0 Å². The van der Waals surface area contributed by atoms with E-state index >= 15 is 0 Å². The van der Waals surface area contributed by atoms with Crippen molar-refractivity contribution in [3.8, 4) is 0 Å². The zero-order chi connectivity index (χ0) is 28.9. The lowest BCUT2D eigenvalue weighted by Crippen LogP contribution is -2.31. The number of hydrogen-bond donors (Lipinski definition) is 0. The van der Waals surface area contributed by atoms with E-state index in [1.807, 2.05) is 0 Å². The van der Waals surface area contributed by atoms with Crippen LogP contribution in [-0.4, -0.2) is 65.8 Å². The molecule has 0 aliphatic carbocycles. The summed E-state index contributed by atoms with van der Waals surface area (Å²) < 4.78 is 0. The van der Waals surface area contributed by atoms with Gasteiger partial charge < -0.3 is 9.80 Å². The topological polar surface area (TPSA) is 6.48 Å². The molecule has 0 fully saturated rings. The molecule has 0 aromatic rings. The first-order valence-electron chi connectivity index (χ1n) is 15.0. The zero-order valence-electron chi connectivity index (χ0n) is 27.4. The molecular weight excluding hydrogens is 446 g/mol. The quantitative estimate of drug-likeness (QED) is 0.119. The monoisotopic (exact) mass is 511 g/mol. The van der Waals surface area contributed by atoms with Crippen LogP contribution in [0.25, 0.3) is 0 Å². The molecule has 0 aliphatic heterocycles. The average molecular weight is 511 g/mol. The Bertz CT molecular complexity index is 681. The van der Waals surface area contributed by atoms with Crippen molar-refractivity contribution in [2.75, 3.05) is 40.3 Å². The van der Waals surface area contributed by atoms with Gasteiger partial charge in [0.1, 0.15) is 0 Å². The van der Waals surface area contributed by atoms with Crippen LogP contribution in [0.2, 0.25) is 10.6 Å². The van der Waals surface area contributed by atoms with Crippen LogP contribution in [0.1, 0.15) is 127 Å². The second-order valence-electron chi connectivity index (χ2n) is 15.0. The van der Waals surface area contributed by atoms with E-state index in [2.05, 4.69) is 105 Å². The Balaban J connectivity index is 4.87. The second kappa shape index (κ2) is 16.6. The van der Waals surface area contributed by atoms with E-state index in [1.54, 1.807) is 0 Å². The Morgan fingerprint density at radius 3 is 1.59 bits per heavy atom. The van der Waals surface area contributed by atoms with Gasteiger partial charge in [0.25, 0.3) is 0 Å². The number of hydrogen-bond acceptors (Lipinski definition) is 2. The molecule has 0 saturated carbocycles. The molecule has 0 aliphatic rings. The van der Waals surface area contributed by atoms with Gasteiger partial charge in [-0.1, -0.05) is 95.7 Å². The molecule has 0 bridgehead atoms. The minimum Gasteiger partial charge on any atom is -0.309 e. The summed E-state index contributed by atoms with van der Waals surface area (Å²) in [4.78, 5) is 5.03. The third-order valence-electron chi connectivity index (χ3n) is 7.56. The van der Waals surface area contributed by atoms with Crippen molar-refractivity contribution in [1.29, 1.82) is 0 Å². The van der Waals surface area contributed by atoms with Gasteiger partial charge in [0.05, 0.1) is 15.7 Å². The van der Waals surface area contributed by atoms with Crippen LogP contribution in [0.4, 0.5) is 0 Å². The van der Waals surface area contributed by atoms with Gasteiger partial charge in [-0.15, -0.1) is 0 Å². The highest BCUT2D eigenvalue weighted by Gasteiger charge is 2.22. The van der Waals surface area contributed by atoms with Crippen LogP contribution in [0.5, 0.6) is 0 Å². The first-order chi connectivity index (χ1) is 16.8. The lowest BCUT2D eigenvalue weighted by molar-refractivity contribution is 0.212. The van der Waals surface area contributed by atoms with Gasteiger partial charge >= 0.3 is 0 Å². The standard InChI is InChI=1S/C33H64B2N2/c1-13-33(10,35)27-29(3)26-31(6,7)19-15-23-37(24-16-21-36(11)12)22-14-18-30(4,5)25-28(2)17-20-32(8,9)34/h17,27H,13-16,18-26H2,1-12H3/b28-17+,29-27+. The summed E-state index contributed by atoms with van der Waals surface area (Å²) in [5.41, 5.74) is 3.55. The fourth-order valence-electron chi connectivity index (χ4n) is 5.42. The summed E-state index contributed by atoms with van der Waals surface area (Å²) in [7, 11) is 16.9. The van der Waals surface area contributed by atoms with Crippen LogP contribution in [0, 0.1) is 10.8 Å². The van der Waals surface area contributed by atoms with Crippen molar-refractivity contribution in [2.45, 2.75) is 138 Å². The molecule has 0 amide bonds. The van der Waals surface area contributed by atoms with Crippen LogP contribution in [0.3, 0.4) is 0 Å². The highest BCUT2D eigenvalue weighted by Crippen LogP contribution is 2.35. The van der Waals surface area contributed by atoms with Crippen LogP contribution in [-0.2, 0) is 0 Å². The van der Waals surface area contributed by atoms with E-state index in [-0.39, 0.29) is 10.6 Å². The maximum Gasteiger partial charge on any atom is 0.0798 e. The largest absolute Gasteiger partial charge is 0.309 e. The summed E-state index contributed by atoms with van der Waals surface area (Å²) in [5, 5.41) is -0.310. The third kappa shape index (κ3) is 21.1. The minimum absolute atomic E-state index is 0.122. The SMILES string of the molecule is [B]C(C)(C)C/C=C(\C)CC(C)(C)CCCN(CCCN(C)C)CCCC(C)(C)C/C(C)=C/C([B])(C)CC. The van der Waals surface area contributed by atoms with Crippen molar-refractivity contribution in [3.63, 3.8) is 0 Å². The second-order valence-corrected chi connectivity index (χ2v) is 15.0. The zero-order valence-corrected chi connectivity index (χ0v) is 27.4. The normalized spacial score (nSPS) is 16.1. The first kappa shape index (κ1) is 36.5. The fourth-order valence-corrected chi connectivity index (χ4v) is 5.42. The van der Waals surface area contributed by atoms with E-state index in [9.17, 15) is 0 Å². The molecule has 0 aromatic heterocycles. The van der Waals surface area contributed by atoms with Crippen LogP contribution < -0.4 is 0 Å². The van der Waals surface area contributed by atoms with Crippen molar-refractivity contribution in [2.24, 2.45) is 10.8 Å². The molecule has 0 rings (SSSR count). The molecule has 4 radical (unpaired) electrons. The average Bonchev–Trinajstić information content (AvgIpc) is 2.69. The van der Waals surface area contributed by atoms with Crippen molar-refractivity contribution in [3.05, 3.63) is 23.3 Å². The van der Waals surface area contributed by atoms with E-state index in [0.29, 0.717) is 10.8 Å². The summed E-state index contributed by atoms with van der Waals surface area (Å²) in [6.07, 6.45) is 15.1. The fraction of sp³-hybridized carbons (Fsp3) is 0.879. The summed E-state index contributed by atoms with van der Waals surface area (Å²) in [5.74, 6) is 0. The predicted octanol–water partition coefficient (Wildman–Crippen LogP) is 9.04. The molecule has 0 saturated heterocycles. The molecule has 2 nitrogen and oxygen atoms in total. The molecular formula is C33H64B2N2. The van der Waals surface area contributed by atoms with E-state index in [1.165, 1.54) is 62.9 Å². The van der Waals surface area contributed by atoms with Gasteiger partial charge in [0.15, 0.2) is 0 Å². The Morgan fingerprint density at radius 1 is 0.703 bits per heavy atom. The predicted molar refractivity (Wildman–Crippen MR) is 171 cm³/mol. The third-order valence-corrected chi connectivity index (χ3v) is 7.56. The van der Waals surface area contributed by atoms with Gasteiger partial charge in [-0.25, -0.2) is 0 Å². The van der Waals surface area contributed by atoms with E-state index < -0.39 is 0 Å². The van der Waals surface area contributed by atoms with Gasteiger partial charge in [-0.3, -0.25) is 0 Å². The molecule has 4 heteroatoms. The molecule has 212 valence electrons. The lowest BCUT2D eigenvalue weighted by Gasteiger charge is -2.30. The lowest BCUT2D eigenvalue weighted by atomic mass is 9.67. The smallest absolute Gasteiger partial charge is 0.0798 e. The van der Waals surface area contributed by atoms with Crippen LogP contribution >= 0.6 is 0 Å². The van der Waals surface area contributed by atoms with Crippen molar-refractivity contribution >= 4 is 15.7 Å². The highest BCUT2D eigenvalue weighted by molar-refractivity contribution is 6.16. The van der Waals surface area contributed by atoms with Gasteiger partial charge in [-0.2, -0.15) is 0 Å². The maximum absolute atomic E-state index is 6.38. The summed E-state index contributed by atoms with van der Waals surface area (Å²) in [6.45, 7) is 27.5. The van der Waals surface area contributed by atoms with E-state index in [0.717, 1.165) is 32.2 Å². The Kier molecular flexibility index (Phi) is 16.4. The summed E-state index contributed by atoms with van der Waals surface area (Å²) >= 11 is 0. The molecule has 37 heavy (non-hydrogen) atoms. The van der Waals surface area contributed by atoms with E-state index in [4.69, 9.17) is 15.7 Å². The Labute approximate surface area is 237 Å². The maximum atomic E-state index is 6.38. The van der Waals surface area contributed by atoms with Crippen LogP contribution in [0.15, 0.2) is 23.3 Å². The van der Waals surface area contributed by atoms with Crippen molar-refractivity contribution < 1.29 is 0 Å². The first-order valence-corrected chi connectivity index (χ1v) is 15.0.